The maximum atomic E-state index is 5.11. The molecule has 1 N–H and O–H groups in total. The van der Waals surface area contributed by atoms with Gasteiger partial charge in [-0.05, 0) is 24.1 Å². The van der Waals surface area contributed by atoms with Crippen LogP contribution in [0.3, 0.4) is 0 Å². The van der Waals surface area contributed by atoms with E-state index in [1.54, 1.807) is 0 Å². The average Bonchev–Trinajstić information content (AvgIpc) is 3.04. The van der Waals surface area contributed by atoms with Gasteiger partial charge in [0, 0.05) is 16.5 Å². The quantitative estimate of drug-likeness (QED) is 0.707. The van der Waals surface area contributed by atoms with Gasteiger partial charge in [0.15, 0.2) is 5.58 Å². The molecule has 0 bridgehead atoms. The van der Waals surface area contributed by atoms with Crippen molar-refractivity contribution in [1.82, 2.24) is 10.4 Å². The number of aromatic nitrogens is 2. The van der Waals surface area contributed by atoms with Crippen molar-refractivity contribution < 1.29 is 4.52 Å². The minimum atomic E-state index is 0.248. The number of hydrogen-bond donors (Lipinski definition) is 1. The first-order valence-electron chi connectivity index (χ1n) is 5.97. The molecule has 0 spiro atoms. The summed E-state index contributed by atoms with van der Waals surface area (Å²) in [5.41, 5.74) is 5.28. The average molecular weight is 237 g/mol. The molecular weight excluding hydrogens is 226 g/mol. The third-order valence-electron chi connectivity index (χ3n) is 3.46. The lowest BCUT2D eigenvalue weighted by Crippen LogP contribution is -2.06. The van der Waals surface area contributed by atoms with Crippen LogP contribution in [0, 0.1) is 0 Å². The SMILES string of the molecule is c1ccc2c(c1)CC(c1cccc3onnc13)N2. The predicted octanol–water partition coefficient (Wildman–Crippen LogP) is 2.93. The zero-order valence-electron chi connectivity index (χ0n) is 9.63. The highest BCUT2D eigenvalue weighted by Gasteiger charge is 2.24. The van der Waals surface area contributed by atoms with E-state index in [0.717, 1.165) is 23.1 Å². The molecular formula is C14H11N3O. The predicted molar refractivity (Wildman–Crippen MR) is 68.3 cm³/mol. The Hall–Kier alpha value is -2.36. The van der Waals surface area contributed by atoms with E-state index < -0.39 is 0 Å². The highest BCUT2D eigenvalue weighted by Crippen LogP contribution is 2.35. The minimum Gasteiger partial charge on any atom is -0.378 e. The summed E-state index contributed by atoms with van der Waals surface area (Å²) >= 11 is 0. The molecule has 2 heterocycles. The molecule has 0 fully saturated rings. The molecule has 18 heavy (non-hydrogen) atoms. The molecule has 0 aliphatic carbocycles. The van der Waals surface area contributed by atoms with E-state index in [2.05, 4.69) is 40.0 Å². The molecule has 4 heteroatoms. The Morgan fingerprint density at radius 1 is 1.11 bits per heavy atom. The largest absolute Gasteiger partial charge is 0.378 e. The Kier molecular flexibility index (Phi) is 1.91. The van der Waals surface area contributed by atoms with Gasteiger partial charge in [-0.1, -0.05) is 30.3 Å². The Morgan fingerprint density at radius 3 is 3.00 bits per heavy atom. The lowest BCUT2D eigenvalue weighted by atomic mass is 10.0. The van der Waals surface area contributed by atoms with Crippen molar-refractivity contribution in [2.24, 2.45) is 0 Å². The molecule has 2 aromatic carbocycles. The van der Waals surface area contributed by atoms with E-state index in [-0.39, 0.29) is 6.04 Å². The van der Waals surface area contributed by atoms with Crippen molar-refractivity contribution in [1.29, 1.82) is 0 Å². The summed E-state index contributed by atoms with van der Waals surface area (Å²) in [5.74, 6) is 0. The number of anilines is 1. The van der Waals surface area contributed by atoms with Crippen molar-refractivity contribution >= 4 is 16.8 Å². The van der Waals surface area contributed by atoms with Crippen LogP contribution in [0.5, 0.6) is 0 Å². The number of hydrogen-bond acceptors (Lipinski definition) is 4. The molecule has 1 unspecified atom stereocenters. The summed E-state index contributed by atoms with van der Waals surface area (Å²) in [6.45, 7) is 0. The molecule has 88 valence electrons. The molecule has 4 rings (SSSR count). The molecule has 1 atom stereocenters. The first-order chi connectivity index (χ1) is 8.92. The monoisotopic (exact) mass is 237 g/mol. The lowest BCUT2D eigenvalue weighted by molar-refractivity contribution is 0.424. The number of para-hydroxylation sites is 1. The van der Waals surface area contributed by atoms with E-state index in [9.17, 15) is 0 Å². The first kappa shape index (κ1) is 9.65. The Bertz CT molecular complexity index is 695. The van der Waals surface area contributed by atoms with Gasteiger partial charge in [-0.2, -0.15) is 0 Å². The molecule has 4 nitrogen and oxygen atoms in total. The zero-order valence-corrected chi connectivity index (χ0v) is 9.63. The van der Waals surface area contributed by atoms with Gasteiger partial charge in [-0.15, -0.1) is 5.10 Å². The van der Waals surface area contributed by atoms with Crippen LogP contribution in [0.15, 0.2) is 47.0 Å². The van der Waals surface area contributed by atoms with Crippen LogP contribution in [0.1, 0.15) is 17.2 Å². The second-order valence-corrected chi connectivity index (χ2v) is 4.53. The number of nitrogens with zero attached hydrogens (tertiary/aromatic N) is 2. The maximum absolute atomic E-state index is 5.11. The summed E-state index contributed by atoms with van der Waals surface area (Å²) in [5, 5.41) is 11.2. The Labute approximate surface area is 104 Å². The summed E-state index contributed by atoms with van der Waals surface area (Å²) in [7, 11) is 0. The highest BCUT2D eigenvalue weighted by atomic mass is 16.5. The molecule has 1 aliphatic heterocycles. The van der Waals surface area contributed by atoms with Crippen molar-refractivity contribution in [2.45, 2.75) is 12.5 Å². The van der Waals surface area contributed by atoms with Gasteiger partial charge in [0.25, 0.3) is 0 Å². The summed E-state index contributed by atoms with van der Waals surface area (Å²) in [4.78, 5) is 0. The third kappa shape index (κ3) is 1.32. The van der Waals surface area contributed by atoms with Gasteiger partial charge < -0.3 is 9.84 Å². The Balaban J connectivity index is 1.80. The smallest absolute Gasteiger partial charge is 0.187 e. The number of benzene rings is 2. The topological polar surface area (TPSA) is 51.0 Å². The summed E-state index contributed by atoms with van der Waals surface area (Å²) in [6, 6.07) is 14.6. The fourth-order valence-electron chi connectivity index (χ4n) is 2.59. The molecule has 3 aromatic rings. The van der Waals surface area contributed by atoms with Crippen LogP contribution >= 0.6 is 0 Å². The minimum absolute atomic E-state index is 0.248. The van der Waals surface area contributed by atoms with Gasteiger partial charge in [0.1, 0.15) is 5.52 Å². The summed E-state index contributed by atoms with van der Waals surface area (Å²) in [6.07, 6.45) is 0.974. The van der Waals surface area contributed by atoms with Crippen LogP contribution in [0.2, 0.25) is 0 Å². The molecule has 0 radical (unpaired) electrons. The van der Waals surface area contributed by atoms with E-state index in [1.165, 1.54) is 11.3 Å². The molecule has 0 amide bonds. The van der Waals surface area contributed by atoms with E-state index in [1.807, 2.05) is 18.2 Å². The van der Waals surface area contributed by atoms with Gasteiger partial charge in [-0.25, -0.2) is 0 Å². The van der Waals surface area contributed by atoms with Crippen LogP contribution in [-0.4, -0.2) is 10.4 Å². The van der Waals surface area contributed by atoms with Crippen LogP contribution < -0.4 is 5.32 Å². The first-order valence-corrected chi connectivity index (χ1v) is 5.97. The van der Waals surface area contributed by atoms with Crippen LogP contribution in [-0.2, 0) is 6.42 Å². The van der Waals surface area contributed by atoms with Gasteiger partial charge in [0.2, 0.25) is 0 Å². The fraction of sp³-hybridized carbons (Fsp3) is 0.143. The van der Waals surface area contributed by atoms with Gasteiger partial charge >= 0.3 is 0 Å². The summed E-state index contributed by atoms with van der Waals surface area (Å²) < 4.78 is 5.11. The van der Waals surface area contributed by atoms with Gasteiger partial charge in [0.05, 0.1) is 6.04 Å². The van der Waals surface area contributed by atoms with Crippen LogP contribution in [0.25, 0.3) is 11.1 Å². The van der Waals surface area contributed by atoms with Crippen LogP contribution in [0.4, 0.5) is 5.69 Å². The Morgan fingerprint density at radius 2 is 2.06 bits per heavy atom. The zero-order chi connectivity index (χ0) is 11.9. The maximum Gasteiger partial charge on any atom is 0.187 e. The van der Waals surface area contributed by atoms with Crippen molar-refractivity contribution in [2.75, 3.05) is 5.32 Å². The fourth-order valence-corrected chi connectivity index (χ4v) is 2.59. The van der Waals surface area contributed by atoms with E-state index in [4.69, 9.17) is 4.52 Å². The normalized spacial score (nSPS) is 17.7. The second kappa shape index (κ2) is 3.57. The van der Waals surface area contributed by atoms with E-state index >= 15 is 0 Å². The highest BCUT2D eigenvalue weighted by molar-refractivity contribution is 5.77. The standard InChI is InChI=1S/C14H11N3O/c1-2-6-11-9(4-1)8-12(15-11)10-5-3-7-13-14(10)16-17-18-13/h1-7,12,15H,8H2. The third-order valence-corrected chi connectivity index (χ3v) is 3.46. The molecule has 1 aliphatic rings. The number of rotatable bonds is 1. The lowest BCUT2D eigenvalue weighted by Gasteiger charge is -2.11. The van der Waals surface area contributed by atoms with Crippen molar-refractivity contribution in [3.05, 3.63) is 53.6 Å². The van der Waals surface area contributed by atoms with E-state index in [0.29, 0.717) is 0 Å². The van der Waals surface area contributed by atoms with Crippen molar-refractivity contribution in [3.8, 4) is 0 Å². The number of nitrogens with one attached hydrogen (secondary N) is 1. The van der Waals surface area contributed by atoms with Gasteiger partial charge in [-0.3, -0.25) is 0 Å². The molecule has 0 saturated carbocycles. The second-order valence-electron chi connectivity index (χ2n) is 4.53. The van der Waals surface area contributed by atoms with Crippen molar-refractivity contribution in [3.63, 3.8) is 0 Å². The number of fused-ring (bicyclic) bond motifs is 2. The molecule has 0 saturated heterocycles. The molecule has 1 aromatic heterocycles.